The van der Waals surface area contributed by atoms with Crippen LogP contribution in [0.5, 0.6) is 0 Å². The molecule has 0 aromatic heterocycles. The zero-order valence-electron chi connectivity index (χ0n) is 15.5. The summed E-state index contributed by atoms with van der Waals surface area (Å²) in [6.07, 6.45) is 0.788. The van der Waals surface area contributed by atoms with Crippen LogP contribution in [0.2, 0.25) is 5.02 Å². The Labute approximate surface area is 182 Å². The fraction of sp³-hybridized carbons (Fsp3) is 0.130. The molecule has 0 spiro atoms. The second-order valence-electron chi connectivity index (χ2n) is 6.87. The van der Waals surface area contributed by atoms with Crippen LogP contribution in [0.3, 0.4) is 0 Å². The zero-order valence-corrected chi connectivity index (χ0v) is 17.8. The molecule has 4 nitrogen and oxygen atoms in total. The molecule has 0 atom stereocenters. The fourth-order valence-electron chi connectivity index (χ4n) is 3.44. The van der Waals surface area contributed by atoms with Crippen LogP contribution in [0.15, 0.2) is 71.2 Å². The molecule has 146 valence electrons. The highest BCUT2D eigenvalue weighted by molar-refractivity contribution is 9.10. The van der Waals surface area contributed by atoms with Crippen LogP contribution in [-0.2, 0) is 13.0 Å². The van der Waals surface area contributed by atoms with E-state index < -0.39 is 0 Å². The van der Waals surface area contributed by atoms with Crippen LogP contribution in [0.4, 0.5) is 5.69 Å². The summed E-state index contributed by atoms with van der Waals surface area (Å²) in [5.74, 6) is -0.168. The first-order valence-corrected chi connectivity index (χ1v) is 10.4. The topological polar surface area (TPSA) is 49.4 Å². The van der Waals surface area contributed by atoms with E-state index in [-0.39, 0.29) is 11.8 Å². The predicted octanol–water partition coefficient (Wildman–Crippen LogP) is 5.24. The van der Waals surface area contributed by atoms with Crippen LogP contribution in [0, 0.1) is 0 Å². The quantitative estimate of drug-likeness (QED) is 0.568. The number of nitrogens with zero attached hydrogens (tertiary/aromatic N) is 1. The smallest absolute Gasteiger partial charge is 0.258 e. The van der Waals surface area contributed by atoms with Crippen molar-refractivity contribution in [2.24, 2.45) is 0 Å². The van der Waals surface area contributed by atoms with Crippen molar-refractivity contribution in [2.45, 2.75) is 13.0 Å². The van der Waals surface area contributed by atoms with Gasteiger partial charge in [-0.25, -0.2) is 0 Å². The van der Waals surface area contributed by atoms with Crippen molar-refractivity contribution >= 4 is 45.0 Å². The number of nitrogens with one attached hydrogen (secondary N) is 1. The standard InChI is InChI=1S/C23H18BrClN2O2/c24-19-7-5-16(6-8-19)22(28)26-14-15-4-9-21-17(12-15)10-11-27(21)23(29)18-2-1-3-20(25)13-18/h1-9,12-13H,10-11,14H2,(H,26,28). The third-order valence-electron chi connectivity index (χ3n) is 4.92. The molecule has 0 aliphatic carbocycles. The number of fused-ring (bicyclic) bond motifs is 1. The van der Waals surface area contributed by atoms with Crippen molar-refractivity contribution < 1.29 is 9.59 Å². The third-order valence-corrected chi connectivity index (χ3v) is 5.68. The molecular weight excluding hydrogens is 452 g/mol. The maximum atomic E-state index is 12.8. The van der Waals surface area contributed by atoms with Crippen molar-refractivity contribution in [3.63, 3.8) is 0 Å². The predicted molar refractivity (Wildman–Crippen MR) is 119 cm³/mol. The Kier molecular flexibility index (Phi) is 5.69. The average molecular weight is 470 g/mol. The van der Waals surface area contributed by atoms with E-state index in [4.69, 9.17) is 11.6 Å². The molecule has 0 saturated heterocycles. The summed E-state index contributed by atoms with van der Waals surface area (Å²) in [4.78, 5) is 26.9. The van der Waals surface area contributed by atoms with Crippen LogP contribution < -0.4 is 10.2 Å². The lowest BCUT2D eigenvalue weighted by Gasteiger charge is -2.18. The van der Waals surface area contributed by atoms with Crippen LogP contribution >= 0.6 is 27.5 Å². The Hall–Kier alpha value is -2.63. The van der Waals surface area contributed by atoms with Gasteiger partial charge < -0.3 is 10.2 Å². The first-order valence-electron chi connectivity index (χ1n) is 9.24. The van der Waals surface area contributed by atoms with Gasteiger partial charge in [-0.1, -0.05) is 45.7 Å². The van der Waals surface area contributed by atoms with Gasteiger partial charge in [-0.2, -0.15) is 0 Å². The molecule has 4 rings (SSSR count). The van der Waals surface area contributed by atoms with Gasteiger partial charge in [-0.15, -0.1) is 0 Å². The molecular formula is C23H18BrClN2O2. The molecule has 1 aliphatic rings. The number of carbonyl (C=O) groups is 2. The van der Waals surface area contributed by atoms with Crippen LogP contribution in [0.25, 0.3) is 0 Å². The molecule has 6 heteroatoms. The van der Waals surface area contributed by atoms with Crippen molar-refractivity contribution in [3.05, 3.63) is 98.5 Å². The normalized spacial score (nSPS) is 12.6. The number of benzene rings is 3. The highest BCUT2D eigenvalue weighted by atomic mass is 79.9. The van der Waals surface area contributed by atoms with E-state index in [0.29, 0.717) is 29.2 Å². The summed E-state index contributed by atoms with van der Waals surface area (Å²) in [6, 6.07) is 20.2. The summed E-state index contributed by atoms with van der Waals surface area (Å²) in [7, 11) is 0. The largest absolute Gasteiger partial charge is 0.348 e. The van der Waals surface area contributed by atoms with E-state index in [0.717, 1.165) is 27.7 Å². The second-order valence-corrected chi connectivity index (χ2v) is 8.22. The minimum absolute atomic E-state index is 0.0532. The van der Waals surface area contributed by atoms with Gasteiger partial charge in [0.15, 0.2) is 0 Å². The van der Waals surface area contributed by atoms with Gasteiger partial charge in [-0.3, -0.25) is 9.59 Å². The summed E-state index contributed by atoms with van der Waals surface area (Å²) in [6.45, 7) is 1.07. The first kappa shape index (κ1) is 19.7. The highest BCUT2D eigenvalue weighted by Gasteiger charge is 2.25. The third kappa shape index (κ3) is 4.36. The van der Waals surface area contributed by atoms with Crippen molar-refractivity contribution in [3.8, 4) is 0 Å². The van der Waals surface area contributed by atoms with Gasteiger partial charge in [0, 0.05) is 39.4 Å². The summed E-state index contributed by atoms with van der Waals surface area (Å²) in [5.41, 5.74) is 4.23. The molecule has 1 aliphatic heterocycles. The van der Waals surface area contributed by atoms with Gasteiger partial charge in [-0.05, 0) is 66.1 Å². The van der Waals surface area contributed by atoms with E-state index in [1.165, 1.54) is 0 Å². The monoisotopic (exact) mass is 468 g/mol. The van der Waals surface area contributed by atoms with E-state index in [2.05, 4.69) is 27.3 Å². The Bertz CT molecular complexity index is 1080. The van der Waals surface area contributed by atoms with E-state index in [1.54, 1.807) is 41.3 Å². The number of amides is 2. The van der Waals surface area contributed by atoms with Crippen molar-refractivity contribution in [1.82, 2.24) is 5.32 Å². The molecule has 0 fully saturated rings. The molecule has 0 saturated carbocycles. The fourth-order valence-corrected chi connectivity index (χ4v) is 3.89. The van der Waals surface area contributed by atoms with Crippen LogP contribution in [0.1, 0.15) is 31.8 Å². The maximum absolute atomic E-state index is 12.8. The molecule has 0 unspecified atom stereocenters. The highest BCUT2D eigenvalue weighted by Crippen LogP contribution is 2.30. The van der Waals surface area contributed by atoms with Gasteiger partial charge in [0.2, 0.25) is 0 Å². The molecule has 0 radical (unpaired) electrons. The van der Waals surface area contributed by atoms with Crippen molar-refractivity contribution in [2.75, 3.05) is 11.4 Å². The number of hydrogen-bond donors (Lipinski definition) is 1. The molecule has 3 aromatic carbocycles. The molecule has 3 aromatic rings. The number of rotatable bonds is 4. The Morgan fingerprint density at radius 1 is 1.00 bits per heavy atom. The van der Waals surface area contributed by atoms with Gasteiger partial charge >= 0.3 is 0 Å². The number of anilines is 1. The summed E-state index contributed by atoms with van der Waals surface area (Å²) < 4.78 is 0.935. The van der Waals surface area contributed by atoms with E-state index in [1.807, 2.05) is 24.3 Å². The first-order chi connectivity index (χ1) is 14.0. The Morgan fingerprint density at radius 2 is 1.79 bits per heavy atom. The lowest BCUT2D eigenvalue weighted by atomic mass is 10.1. The van der Waals surface area contributed by atoms with Gasteiger partial charge in [0.05, 0.1) is 0 Å². The molecule has 2 amide bonds. The molecule has 29 heavy (non-hydrogen) atoms. The molecule has 1 N–H and O–H groups in total. The van der Waals surface area contributed by atoms with E-state index >= 15 is 0 Å². The lowest BCUT2D eigenvalue weighted by Crippen LogP contribution is -2.28. The molecule has 0 bridgehead atoms. The summed E-state index contributed by atoms with van der Waals surface area (Å²) >= 11 is 9.39. The average Bonchev–Trinajstić information content (AvgIpc) is 3.15. The Morgan fingerprint density at radius 3 is 2.55 bits per heavy atom. The second kappa shape index (κ2) is 8.39. The zero-order chi connectivity index (χ0) is 20.4. The minimum atomic E-state index is -0.115. The van der Waals surface area contributed by atoms with Gasteiger partial charge in [0.1, 0.15) is 0 Å². The molecule has 1 heterocycles. The SMILES string of the molecule is O=C(NCc1ccc2c(c1)CCN2C(=O)c1cccc(Cl)c1)c1ccc(Br)cc1. The van der Waals surface area contributed by atoms with Crippen LogP contribution in [-0.4, -0.2) is 18.4 Å². The number of carbonyl (C=O) groups excluding carboxylic acids is 2. The lowest BCUT2D eigenvalue weighted by molar-refractivity contribution is 0.0949. The summed E-state index contributed by atoms with van der Waals surface area (Å²) in [5, 5.41) is 3.49. The van der Waals surface area contributed by atoms with Crippen molar-refractivity contribution in [1.29, 1.82) is 0 Å². The minimum Gasteiger partial charge on any atom is -0.348 e. The van der Waals surface area contributed by atoms with E-state index in [9.17, 15) is 9.59 Å². The number of halogens is 2. The van der Waals surface area contributed by atoms with Gasteiger partial charge in [0.25, 0.3) is 11.8 Å². The maximum Gasteiger partial charge on any atom is 0.258 e. The Balaban J connectivity index is 1.45. The number of hydrogen-bond acceptors (Lipinski definition) is 2.